The van der Waals surface area contributed by atoms with Gasteiger partial charge < -0.3 is 5.11 Å². The molecule has 1 rings (SSSR count). The van der Waals surface area contributed by atoms with E-state index >= 15 is 0 Å². The Bertz CT molecular complexity index is 549. The van der Waals surface area contributed by atoms with Crippen LogP contribution >= 0.6 is 15.9 Å². The van der Waals surface area contributed by atoms with Crippen molar-refractivity contribution in [3.63, 3.8) is 0 Å². The van der Waals surface area contributed by atoms with Gasteiger partial charge in [-0.15, -0.1) is 0 Å². The first-order valence-corrected chi connectivity index (χ1v) is 8.27. The van der Waals surface area contributed by atoms with Crippen LogP contribution in [-0.2, 0) is 16.6 Å². The SMILES string of the molecule is CC(NS(=O)(=O)c1ccc(CO)cc1Br)C(C)(C)C. The molecule has 0 saturated carbocycles. The molecule has 2 N–H and O–H groups in total. The highest BCUT2D eigenvalue weighted by molar-refractivity contribution is 9.10. The van der Waals surface area contributed by atoms with E-state index in [0.717, 1.165) is 0 Å². The molecule has 1 aromatic rings. The van der Waals surface area contributed by atoms with Gasteiger partial charge in [-0.3, -0.25) is 0 Å². The molecule has 0 radical (unpaired) electrons. The molecule has 1 unspecified atom stereocenters. The normalized spacial score (nSPS) is 14.4. The van der Waals surface area contributed by atoms with Gasteiger partial charge in [-0.2, -0.15) is 0 Å². The monoisotopic (exact) mass is 349 g/mol. The molecule has 0 bridgehead atoms. The van der Waals surface area contributed by atoms with Gasteiger partial charge in [0.05, 0.1) is 11.5 Å². The van der Waals surface area contributed by atoms with Crippen molar-refractivity contribution in [3.05, 3.63) is 28.2 Å². The van der Waals surface area contributed by atoms with Crippen LogP contribution in [0.25, 0.3) is 0 Å². The Balaban J connectivity index is 3.08. The second-order valence-electron chi connectivity index (χ2n) is 5.63. The Morgan fingerprint density at radius 1 is 1.37 bits per heavy atom. The molecule has 0 aliphatic carbocycles. The zero-order valence-electron chi connectivity index (χ0n) is 11.6. The number of aliphatic hydroxyl groups excluding tert-OH is 1. The smallest absolute Gasteiger partial charge is 0.241 e. The molecule has 19 heavy (non-hydrogen) atoms. The van der Waals surface area contributed by atoms with Gasteiger partial charge in [0.1, 0.15) is 0 Å². The van der Waals surface area contributed by atoms with Crippen LogP contribution in [-0.4, -0.2) is 19.6 Å². The first-order chi connectivity index (χ1) is 8.58. The van der Waals surface area contributed by atoms with Gasteiger partial charge in [-0.05, 0) is 46.0 Å². The van der Waals surface area contributed by atoms with Crippen LogP contribution in [0.3, 0.4) is 0 Å². The minimum atomic E-state index is -3.58. The standard InChI is InChI=1S/C13H20BrNO3S/c1-9(13(2,3)4)15-19(17,18)12-6-5-10(8-16)7-11(12)14/h5-7,9,15-16H,8H2,1-4H3. The number of benzene rings is 1. The third kappa shape index (κ3) is 4.27. The average Bonchev–Trinajstić information content (AvgIpc) is 2.26. The third-order valence-electron chi connectivity index (χ3n) is 3.10. The highest BCUT2D eigenvalue weighted by Crippen LogP contribution is 2.26. The molecule has 1 aromatic carbocycles. The van der Waals surface area contributed by atoms with Crippen molar-refractivity contribution in [1.29, 1.82) is 0 Å². The Morgan fingerprint density at radius 2 is 1.95 bits per heavy atom. The molecule has 0 aliphatic rings. The molecule has 108 valence electrons. The Hall–Kier alpha value is -0.430. The number of hydrogen-bond acceptors (Lipinski definition) is 3. The quantitative estimate of drug-likeness (QED) is 0.877. The second-order valence-corrected chi connectivity index (χ2v) is 8.17. The Labute approximate surface area is 123 Å². The fourth-order valence-corrected chi connectivity index (χ4v) is 3.91. The van der Waals surface area contributed by atoms with Gasteiger partial charge in [0, 0.05) is 10.5 Å². The maximum atomic E-state index is 12.3. The molecular formula is C13H20BrNO3S. The zero-order chi connectivity index (χ0) is 14.8. The van der Waals surface area contributed by atoms with E-state index in [-0.39, 0.29) is 23.0 Å². The highest BCUT2D eigenvalue weighted by atomic mass is 79.9. The van der Waals surface area contributed by atoms with Crippen LogP contribution in [0.2, 0.25) is 0 Å². The molecule has 0 heterocycles. The van der Waals surface area contributed by atoms with Crippen LogP contribution < -0.4 is 4.72 Å². The van der Waals surface area contributed by atoms with Crippen molar-refractivity contribution < 1.29 is 13.5 Å². The predicted molar refractivity (Wildman–Crippen MR) is 79.3 cm³/mol. The second kappa shape index (κ2) is 5.91. The van der Waals surface area contributed by atoms with Crippen molar-refractivity contribution in [1.82, 2.24) is 4.72 Å². The first-order valence-electron chi connectivity index (χ1n) is 5.99. The van der Waals surface area contributed by atoms with Gasteiger partial charge in [0.25, 0.3) is 0 Å². The summed E-state index contributed by atoms with van der Waals surface area (Å²) in [5.74, 6) is 0. The number of nitrogens with one attached hydrogen (secondary N) is 1. The van der Waals surface area contributed by atoms with E-state index in [2.05, 4.69) is 20.7 Å². The molecule has 0 saturated heterocycles. The summed E-state index contributed by atoms with van der Waals surface area (Å²) >= 11 is 3.23. The molecule has 6 heteroatoms. The highest BCUT2D eigenvalue weighted by Gasteiger charge is 2.27. The van der Waals surface area contributed by atoms with Crippen molar-refractivity contribution >= 4 is 26.0 Å². The van der Waals surface area contributed by atoms with E-state index in [0.29, 0.717) is 10.0 Å². The molecule has 4 nitrogen and oxygen atoms in total. The molecule has 0 aromatic heterocycles. The molecule has 0 spiro atoms. The maximum absolute atomic E-state index is 12.3. The number of sulfonamides is 1. The largest absolute Gasteiger partial charge is 0.392 e. The summed E-state index contributed by atoms with van der Waals surface area (Å²) < 4.78 is 27.7. The van der Waals surface area contributed by atoms with Gasteiger partial charge in [-0.25, -0.2) is 13.1 Å². The topological polar surface area (TPSA) is 66.4 Å². The molecule has 0 fully saturated rings. The van der Waals surface area contributed by atoms with Gasteiger partial charge in [0.2, 0.25) is 10.0 Å². The fourth-order valence-electron chi connectivity index (χ4n) is 1.33. The van der Waals surface area contributed by atoms with E-state index < -0.39 is 10.0 Å². The Morgan fingerprint density at radius 3 is 2.37 bits per heavy atom. The first kappa shape index (κ1) is 16.6. The van der Waals surface area contributed by atoms with Crippen LogP contribution in [0.1, 0.15) is 33.3 Å². The van der Waals surface area contributed by atoms with E-state index in [1.807, 2.05) is 27.7 Å². The molecule has 0 aliphatic heterocycles. The van der Waals surface area contributed by atoms with E-state index in [1.54, 1.807) is 12.1 Å². The zero-order valence-corrected chi connectivity index (χ0v) is 14.0. The van der Waals surface area contributed by atoms with Gasteiger partial charge >= 0.3 is 0 Å². The summed E-state index contributed by atoms with van der Waals surface area (Å²) in [5.41, 5.74) is 0.500. The lowest BCUT2D eigenvalue weighted by Gasteiger charge is -2.28. The lowest BCUT2D eigenvalue weighted by Crippen LogP contribution is -2.41. The molecule has 1 atom stereocenters. The summed E-state index contributed by atoms with van der Waals surface area (Å²) in [5, 5.41) is 9.02. The van der Waals surface area contributed by atoms with Crippen LogP contribution in [0.4, 0.5) is 0 Å². The lowest BCUT2D eigenvalue weighted by molar-refractivity contribution is 0.281. The maximum Gasteiger partial charge on any atom is 0.241 e. The summed E-state index contributed by atoms with van der Waals surface area (Å²) in [4.78, 5) is 0.181. The minimum Gasteiger partial charge on any atom is -0.392 e. The van der Waals surface area contributed by atoms with E-state index in [9.17, 15) is 8.42 Å². The van der Waals surface area contributed by atoms with Crippen molar-refractivity contribution in [2.24, 2.45) is 5.41 Å². The number of rotatable bonds is 4. The molecule has 0 amide bonds. The summed E-state index contributed by atoms with van der Waals surface area (Å²) in [6.07, 6.45) is 0. The minimum absolute atomic E-state index is 0.120. The lowest BCUT2D eigenvalue weighted by atomic mass is 9.89. The van der Waals surface area contributed by atoms with Gasteiger partial charge in [-0.1, -0.05) is 26.8 Å². The number of halogens is 1. The van der Waals surface area contributed by atoms with Crippen LogP contribution in [0.5, 0.6) is 0 Å². The van der Waals surface area contributed by atoms with Gasteiger partial charge in [0.15, 0.2) is 0 Å². The number of aliphatic hydroxyl groups is 1. The van der Waals surface area contributed by atoms with E-state index in [4.69, 9.17) is 5.11 Å². The van der Waals surface area contributed by atoms with Crippen LogP contribution in [0.15, 0.2) is 27.6 Å². The number of hydrogen-bond donors (Lipinski definition) is 2. The van der Waals surface area contributed by atoms with Crippen molar-refractivity contribution in [2.45, 2.75) is 45.2 Å². The summed E-state index contributed by atoms with van der Waals surface area (Å²) in [6.45, 7) is 7.65. The fraction of sp³-hybridized carbons (Fsp3) is 0.538. The summed E-state index contributed by atoms with van der Waals surface area (Å²) in [6, 6.07) is 4.51. The van der Waals surface area contributed by atoms with Crippen molar-refractivity contribution in [3.8, 4) is 0 Å². The third-order valence-corrected chi connectivity index (χ3v) is 5.62. The van der Waals surface area contributed by atoms with Crippen LogP contribution in [0, 0.1) is 5.41 Å². The average molecular weight is 350 g/mol. The van der Waals surface area contributed by atoms with Crippen molar-refractivity contribution in [2.75, 3.05) is 0 Å². The predicted octanol–water partition coefficient (Wildman–Crippen LogP) is 2.65. The summed E-state index contributed by atoms with van der Waals surface area (Å²) in [7, 11) is -3.58. The molecular weight excluding hydrogens is 330 g/mol. The Kier molecular flexibility index (Phi) is 5.17. The van der Waals surface area contributed by atoms with E-state index in [1.165, 1.54) is 6.07 Å².